The third kappa shape index (κ3) is 3.00. The Morgan fingerprint density at radius 1 is 1.39 bits per heavy atom. The van der Waals surface area contributed by atoms with E-state index >= 15 is 0 Å². The van der Waals surface area contributed by atoms with E-state index in [0.717, 1.165) is 38.2 Å². The largest absolute Gasteiger partial charge is 0.381 e. The highest BCUT2D eigenvalue weighted by Crippen LogP contribution is 2.25. The third-order valence-corrected chi connectivity index (χ3v) is 3.54. The predicted octanol–water partition coefficient (Wildman–Crippen LogP) is 2.15. The molecule has 0 radical (unpaired) electrons. The number of rotatable bonds is 4. The summed E-state index contributed by atoms with van der Waals surface area (Å²) in [4.78, 5) is 1.99. The normalized spacial score (nSPS) is 16.8. The van der Waals surface area contributed by atoms with Gasteiger partial charge in [0.05, 0.1) is 5.69 Å². The molecule has 18 heavy (non-hydrogen) atoms. The first-order valence-electron chi connectivity index (χ1n) is 6.48. The monoisotopic (exact) mass is 252 g/mol. The maximum Gasteiger partial charge on any atom is 0.146 e. The van der Waals surface area contributed by atoms with E-state index in [1.807, 2.05) is 18.0 Å². The standard InChI is InChI=1S/C14H21FN2O/c1-17(10-11-5-7-18-8-6-11)14-12(9-16)3-2-4-13(14)15/h2-4,11H,5-10,16H2,1H3. The van der Waals surface area contributed by atoms with E-state index in [2.05, 4.69) is 0 Å². The minimum atomic E-state index is -0.187. The van der Waals surface area contributed by atoms with Gasteiger partial charge in [0.2, 0.25) is 0 Å². The van der Waals surface area contributed by atoms with Gasteiger partial charge in [0.1, 0.15) is 5.82 Å². The minimum absolute atomic E-state index is 0.187. The highest BCUT2D eigenvalue weighted by Gasteiger charge is 2.19. The number of anilines is 1. The van der Waals surface area contributed by atoms with Crippen LogP contribution < -0.4 is 10.6 Å². The van der Waals surface area contributed by atoms with Crippen LogP contribution in [0.3, 0.4) is 0 Å². The molecule has 1 aliphatic rings. The highest BCUT2D eigenvalue weighted by atomic mass is 19.1. The van der Waals surface area contributed by atoms with Crippen LogP contribution in [0.1, 0.15) is 18.4 Å². The number of halogens is 1. The van der Waals surface area contributed by atoms with E-state index < -0.39 is 0 Å². The van der Waals surface area contributed by atoms with Crippen molar-refractivity contribution in [2.45, 2.75) is 19.4 Å². The number of hydrogen-bond donors (Lipinski definition) is 1. The summed E-state index contributed by atoms with van der Waals surface area (Å²) in [5.41, 5.74) is 7.19. The summed E-state index contributed by atoms with van der Waals surface area (Å²) < 4.78 is 19.3. The summed E-state index contributed by atoms with van der Waals surface area (Å²) in [6.07, 6.45) is 2.10. The second-order valence-electron chi connectivity index (χ2n) is 4.89. The molecule has 3 nitrogen and oxygen atoms in total. The van der Waals surface area contributed by atoms with Crippen molar-refractivity contribution in [2.24, 2.45) is 11.7 Å². The van der Waals surface area contributed by atoms with Gasteiger partial charge < -0.3 is 15.4 Å². The molecule has 0 bridgehead atoms. The van der Waals surface area contributed by atoms with Gasteiger partial charge in [0, 0.05) is 33.4 Å². The second-order valence-corrected chi connectivity index (χ2v) is 4.89. The number of nitrogens with two attached hydrogens (primary N) is 1. The smallest absolute Gasteiger partial charge is 0.146 e. The van der Waals surface area contributed by atoms with Gasteiger partial charge in [-0.05, 0) is 30.4 Å². The summed E-state index contributed by atoms with van der Waals surface area (Å²) >= 11 is 0. The Morgan fingerprint density at radius 3 is 2.78 bits per heavy atom. The Kier molecular flexibility index (Phi) is 4.55. The lowest BCUT2D eigenvalue weighted by atomic mass is 9.99. The van der Waals surface area contributed by atoms with Gasteiger partial charge in [0.15, 0.2) is 0 Å². The van der Waals surface area contributed by atoms with Crippen molar-refractivity contribution in [3.8, 4) is 0 Å². The molecule has 0 saturated carbocycles. The molecule has 0 unspecified atom stereocenters. The van der Waals surface area contributed by atoms with E-state index in [9.17, 15) is 4.39 Å². The molecule has 0 aliphatic carbocycles. The molecule has 0 aromatic heterocycles. The molecule has 0 atom stereocenters. The average molecular weight is 252 g/mol. The summed E-state index contributed by atoms with van der Waals surface area (Å²) in [5.74, 6) is 0.390. The first kappa shape index (κ1) is 13.3. The van der Waals surface area contributed by atoms with Gasteiger partial charge in [-0.2, -0.15) is 0 Å². The molecule has 1 fully saturated rings. The third-order valence-electron chi connectivity index (χ3n) is 3.54. The van der Waals surface area contributed by atoms with Crippen molar-refractivity contribution in [3.63, 3.8) is 0 Å². The lowest BCUT2D eigenvalue weighted by Gasteiger charge is -2.29. The summed E-state index contributed by atoms with van der Waals surface area (Å²) in [6.45, 7) is 2.86. The van der Waals surface area contributed by atoms with Crippen LogP contribution in [0.25, 0.3) is 0 Å². The molecule has 2 rings (SSSR count). The van der Waals surface area contributed by atoms with Crippen molar-refractivity contribution >= 4 is 5.69 Å². The van der Waals surface area contributed by atoms with Gasteiger partial charge in [-0.15, -0.1) is 0 Å². The van der Waals surface area contributed by atoms with E-state index in [0.29, 0.717) is 18.2 Å². The van der Waals surface area contributed by atoms with Crippen LogP contribution in [0.4, 0.5) is 10.1 Å². The molecule has 100 valence electrons. The molecule has 1 heterocycles. The summed E-state index contributed by atoms with van der Waals surface area (Å²) in [7, 11) is 1.94. The Balaban J connectivity index is 2.09. The number of benzene rings is 1. The predicted molar refractivity (Wildman–Crippen MR) is 71.1 cm³/mol. The fourth-order valence-corrected chi connectivity index (χ4v) is 2.56. The lowest BCUT2D eigenvalue weighted by molar-refractivity contribution is 0.0685. The zero-order valence-corrected chi connectivity index (χ0v) is 10.9. The minimum Gasteiger partial charge on any atom is -0.381 e. The van der Waals surface area contributed by atoms with Crippen LogP contribution in [-0.2, 0) is 11.3 Å². The quantitative estimate of drug-likeness (QED) is 0.892. The Hall–Kier alpha value is -1.13. The van der Waals surface area contributed by atoms with E-state index in [1.54, 1.807) is 6.07 Å². The molecule has 1 saturated heterocycles. The number of ether oxygens (including phenoxy) is 1. The fourth-order valence-electron chi connectivity index (χ4n) is 2.56. The molecule has 1 aromatic carbocycles. The number of nitrogens with zero attached hydrogens (tertiary/aromatic N) is 1. The first-order valence-corrected chi connectivity index (χ1v) is 6.48. The SMILES string of the molecule is CN(CC1CCOCC1)c1c(F)cccc1CN. The lowest BCUT2D eigenvalue weighted by Crippen LogP contribution is -2.31. The van der Waals surface area contributed by atoms with Gasteiger partial charge in [-0.3, -0.25) is 0 Å². The van der Waals surface area contributed by atoms with Crippen molar-refractivity contribution in [1.29, 1.82) is 0 Å². The van der Waals surface area contributed by atoms with Crippen LogP contribution in [-0.4, -0.2) is 26.8 Å². The Bertz CT molecular complexity index is 391. The van der Waals surface area contributed by atoms with Crippen LogP contribution in [0.5, 0.6) is 0 Å². The molecule has 1 aromatic rings. The number of hydrogen-bond acceptors (Lipinski definition) is 3. The fraction of sp³-hybridized carbons (Fsp3) is 0.571. The topological polar surface area (TPSA) is 38.5 Å². The van der Waals surface area contributed by atoms with E-state index in [4.69, 9.17) is 10.5 Å². The zero-order chi connectivity index (χ0) is 13.0. The van der Waals surface area contributed by atoms with Gasteiger partial charge >= 0.3 is 0 Å². The van der Waals surface area contributed by atoms with Crippen molar-refractivity contribution < 1.29 is 9.13 Å². The van der Waals surface area contributed by atoms with Crippen LogP contribution in [0.15, 0.2) is 18.2 Å². The van der Waals surface area contributed by atoms with E-state index in [-0.39, 0.29) is 5.82 Å². The van der Waals surface area contributed by atoms with Gasteiger partial charge in [0.25, 0.3) is 0 Å². The maximum absolute atomic E-state index is 13.9. The molecular formula is C14H21FN2O. The molecule has 4 heteroatoms. The molecule has 0 spiro atoms. The van der Waals surface area contributed by atoms with Crippen LogP contribution in [0, 0.1) is 11.7 Å². The molecular weight excluding hydrogens is 231 g/mol. The summed E-state index contributed by atoms with van der Waals surface area (Å²) in [5, 5.41) is 0. The van der Waals surface area contributed by atoms with Crippen molar-refractivity contribution in [2.75, 3.05) is 31.7 Å². The highest BCUT2D eigenvalue weighted by molar-refractivity contribution is 5.54. The Labute approximate surface area is 108 Å². The number of para-hydroxylation sites is 1. The van der Waals surface area contributed by atoms with Crippen LogP contribution >= 0.6 is 0 Å². The van der Waals surface area contributed by atoms with Gasteiger partial charge in [-0.1, -0.05) is 12.1 Å². The molecule has 1 aliphatic heterocycles. The average Bonchev–Trinajstić information content (AvgIpc) is 2.39. The maximum atomic E-state index is 13.9. The first-order chi connectivity index (χ1) is 8.72. The van der Waals surface area contributed by atoms with E-state index in [1.165, 1.54) is 6.07 Å². The van der Waals surface area contributed by atoms with Crippen molar-refractivity contribution in [1.82, 2.24) is 0 Å². The molecule has 2 N–H and O–H groups in total. The molecule has 0 amide bonds. The van der Waals surface area contributed by atoms with Gasteiger partial charge in [-0.25, -0.2) is 4.39 Å². The van der Waals surface area contributed by atoms with Crippen molar-refractivity contribution in [3.05, 3.63) is 29.6 Å². The van der Waals surface area contributed by atoms with Crippen LogP contribution in [0.2, 0.25) is 0 Å². The Morgan fingerprint density at radius 2 is 2.11 bits per heavy atom. The summed E-state index contributed by atoms with van der Waals surface area (Å²) in [6, 6.07) is 5.09. The zero-order valence-electron chi connectivity index (χ0n) is 10.9. The second kappa shape index (κ2) is 6.16.